The van der Waals surface area contributed by atoms with Crippen LogP contribution in [-0.4, -0.2) is 18.5 Å². The highest BCUT2D eigenvalue weighted by Gasteiger charge is 2.05. The summed E-state index contributed by atoms with van der Waals surface area (Å²) in [6, 6.07) is 11.2. The molecule has 0 bridgehead atoms. The van der Waals surface area contributed by atoms with Crippen LogP contribution in [0, 0.1) is 5.82 Å². The highest BCUT2D eigenvalue weighted by molar-refractivity contribution is 5.80. The van der Waals surface area contributed by atoms with E-state index in [2.05, 4.69) is 5.16 Å². The second kappa shape index (κ2) is 6.56. The molecule has 0 aromatic heterocycles. The van der Waals surface area contributed by atoms with Crippen LogP contribution in [0.25, 0.3) is 0 Å². The molecule has 20 heavy (non-hydrogen) atoms. The molecule has 0 saturated heterocycles. The number of methoxy groups -OCH3 is 1. The molecule has 0 aliphatic carbocycles. The van der Waals surface area contributed by atoms with E-state index in [1.54, 1.807) is 30.3 Å². The van der Waals surface area contributed by atoms with Gasteiger partial charge in [-0.25, -0.2) is 4.39 Å². The molecule has 0 aliphatic rings. The lowest BCUT2D eigenvalue weighted by Gasteiger charge is -2.11. The van der Waals surface area contributed by atoms with Crippen molar-refractivity contribution in [1.29, 1.82) is 0 Å². The van der Waals surface area contributed by atoms with E-state index in [4.69, 9.17) is 14.7 Å². The smallest absolute Gasteiger partial charge is 0.161 e. The molecule has 0 heterocycles. The third-order valence-electron chi connectivity index (χ3n) is 2.70. The van der Waals surface area contributed by atoms with E-state index in [1.165, 1.54) is 25.5 Å². The maximum atomic E-state index is 12.8. The van der Waals surface area contributed by atoms with Gasteiger partial charge in [0.15, 0.2) is 11.5 Å². The molecule has 2 aromatic carbocycles. The fourth-order valence-corrected chi connectivity index (χ4v) is 1.69. The van der Waals surface area contributed by atoms with Gasteiger partial charge in [0.25, 0.3) is 0 Å². The van der Waals surface area contributed by atoms with E-state index in [0.29, 0.717) is 23.7 Å². The molecule has 0 unspecified atom stereocenters. The normalized spacial score (nSPS) is 10.7. The SMILES string of the molecule is COc1cc(C=NO)ccc1OCc1ccc(F)cc1. The standard InChI is InChI=1S/C15H14FNO3/c1-19-15-8-12(9-17-18)4-7-14(15)20-10-11-2-5-13(16)6-3-11/h2-9,18H,10H2,1H3. The number of halogens is 1. The van der Waals surface area contributed by atoms with Crippen molar-refractivity contribution in [1.82, 2.24) is 0 Å². The van der Waals surface area contributed by atoms with Crippen molar-refractivity contribution in [2.45, 2.75) is 6.61 Å². The maximum Gasteiger partial charge on any atom is 0.161 e. The molecule has 0 radical (unpaired) electrons. The lowest BCUT2D eigenvalue weighted by Crippen LogP contribution is -1.98. The number of rotatable bonds is 5. The maximum absolute atomic E-state index is 12.8. The van der Waals surface area contributed by atoms with Crippen LogP contribution in [0.15, 0.2) is 47.6 Å². The van der Waals surface area contributed by atoms with Gasteiger partial charge < -0.3 is 14.7 Å². The molecule has 2 aromatic rings. The second-order valence-electron chi connectivity index (χ2n) is 4.07. The van der Waals surface area contributed by atoms with Crippen LogP contribution in [0.1, 0.15) is 11.1 Å². The summed E-state index contributed by atoms with van der Waals surface area (Å²) < 4.78 is 23.6. The number of benzene rings is 2. The Hall–Kier alpha value is -2.56. The molecule has 0 aliphatic heterocycles. The van der Waals surface area contributed by atoms with Gasteiger partial charge in [-0.05, 0) is 35.9 Å². The minimum absolute atomic E-state index is 0.279. The Morgan fingerprint density at radius 2 is 1.90 bits per heavy atom. The molecule has 2 rings (SSSR count). The van der Waals surface area contributed by atoms with Gasteiger partial charge in [0, 0.05) is 5.56 Å². The van der Waals surface area contributed by atoms with E-state index in [0.717, 1.165) is 5.56 Å². The van der Waals surface area contributed by atoms with Gasteiger partial charge in [-0.15, -0.1) is 0 Å². The monoisotopic (exact) mass is 275 g/mol. The third kappa shape index (κ3) is 3.47. The molecule has 0 saturated carbocycles. The Morgan fingerprint density at radius 3 is 2.55 bits per heavy atom. The highest BCUT2D eigenvalue weighted by Crippen LogP contribution is 2.28. The minimum Gasteiger partial charge on any atom is -0.493 e. The third-order valence-corrected chi connectivity index (χ3v) is 2.70. The Balaban J connectivity index is 2.10. The molecule has 0 fully saturated rings. The van der Waals surface area contributed by atoms with Gasteiger partial charge in [0.1, 0.15) is 12.4 Å². The van der Waals surface area contributed by atoms with Crippen molar-refractivity contribution < 1.29 is 19.1 Å². The summed E-state index contributed by atoms with van der Waals surface area (Å²) in [5.74, 6) is 0.815. The number of ether oxygens (including phenoxy) is 2. The zero-order valence-corrected chi connectivity index (χ0v) is 10.9. The summed E-state index contributed by atoms with van der Waals surface area (Å²) in [5.41, 5.74) is 1.55. The molecular weight excluding hydrogens is 261 g/mol. The fourth-order valence-electron chi connectivity index (χ4n) is 1.69. The predicted octanol–water partition coefficient (Wildman–Crippen LogP) is 3.22. The molecule has 4 nitrogen and oxygen atoms in total. The van der Waals surface area contributed by atoms with Crippen LogP contribution < -0.4 is 9.47 Å². The Morgan fingerprint density at radius 1 is 1.15 bits per heavy atom. The Kier molecular flexibility index (Phi) is 4.55. The van der Waals surface area contributed by atoms with Crippen molar-refractivity contribution in [3.05, 3.63) is 59.4 Å². The van der Waals surface area contributed by atoms with E-state index in [-0.39, 0.29) is 5.82 Å². The largest absolute Gasteiger partial charge is 0.493 e. The van der Waals surface area contributed by atoms with E-state index in [9.17, 15) is 4.39 Å². The van der Waals surface area contributed by atoms with Crippen LogP contribution in [-0.2, 0) is 6.61 Å². The summed E-state index contributed by atoms with van der Waals surface area (Å²) in [7, 11) is 1.53. The zero-order chi connectivity index (χ0) is 14.4. The second-order valence-corrected chi connectivity index (χ2v) is 4.07. The average molecular weight is 275 g/mol. The number of hydrogen-bond donors (Lipinski definition) is 1. The molecule has 0 spiro atoms. The van der Waals surface area contributed by atoms with Crippen molar-refractivity contribution in [3.8, 4) is 11.5 Å². The van der Waals surface area contributed by atoms with Gasteiger partial charge in [0.05, 0.1) is 13.3 Å². The highest BCUT2D eigenvalue weighted by atomic mass is 19.1. The predicted molar refractivity (Wildman–Crippen MR) is 73.1 cm³/mol. The van der Waals surface area contributed by atoms with Gasteiger partial charge in [-0.1, -0.05) is 17.3 Å². The van der Waals surface area contributed by atoms with Crippen LogP contribution >= 0.6 is 0 Å². The van der Waals surface area contributed by atoms with E-state index in [1.807, 2.05) is 0 Å². The minimum atomic E-state index is -0.279. The quantitative estimate of drug-likeness (QED) is 0.518. The van der Waals surface area contributed by atoms with Gasteiger partial charge in [-0.2, -0.15) is 0 Å². The molecule has 1 N–H and O–H groups in total. The lowest BCUT2D eigenvalue weighted by atomic mass is 10.2. The van der Waals surface area contributed by atoms with Crippen LogP contribution in [0.5, 0.6) is 11.5 Å². The first-order valence-corrected chi connectivity index (χ1v) is 5.95. The zero-order valence-electron chi connectivity index (χ0n) is 10.9. The summed E-state index contributed by atoms with van der Waals surface area (Å²) in [4.78, 5) is 0. The van der Waals surface area contributed by atoms with Crippen molar-refractivity contribution >= 4 is 6.21 Å². The van der Waals surface area contributed by atoms with Crippen molar-refractivity contribution in [2.75, 3.05) is 7.11 Å². The van der Waals surface area contributed by atoms with E-state index < -0.39 is 0 Å². The summed E-state index contributed by atoms with van der Waals surface area (Å²) in [6.07, 6.45) is 1.30. The number of oxime groups is 1. The van der Waals surface area contributed by atoms with Crippen molar-refractivity contribution in [2.24, 2.45) is 5.16 Å². The van der Waals surface area contributed by atoms with E-state index >= 15 is 0 Å². The Labute approximate surface area is 116 Å². The summed E-state index contributed by atoms with van der Waals surface area (Å²) in [5, 5.41) is 11.4. The van der Waals surface area contributed by atoms with Gasteiger partial charge in [-0.3, -0.25) is 0 Å². The molecule has 104 valence electrons. The van der Waals surface area contributed by atoms with Crippen LogP contribution in [0.2, 0.25) is 0 Å². The topological polar surface area (TPSA) is 51.0 Å². The Bertz CT molecular complexity index is 597. The molecule has 5 heteroatoms. The average Bonchev–Trinajstić information content (AvgIpc) is 2.47. The lowest BCUT2D eigenvalue weighted by molar-refractivity contribution is 0.284. The summed E-state index contributed by atoms with van der Waals surface area (Å²) in [6.45, 7) is 0.310. The number of hydrogen-bond acceptors (Lipinski definition) is 4. The first kappa shape index (κ1) is 13.9. The number of nitrogens with zero attached hydrogens (tertiary/aromatic N) is 1. The fraction of sp³-hybridized carbons (Fsp3) is 0.133. The summed E-state index contributed by atoms with van der Waals surface area (Å²) >= 11 is 0. The van der Waals surface area contributed by atoms with Crippen molar-refractivity contribution in [3.63, 3.8) is 0 Å². The molecule has 0 atom stereocenters. The molecular formula is C15H14FNO3. The molecule has 0 amide bonds. The van der Waals surface area contributed by atoms with Gasteiger partial charge in [0.2, 0.25) is 0 Å². The van der Waals surface area contributed by atoms with Gasteiger partial charge >= 0.3 is 0 Å². The first-order valence-electron chi connectivity index (χ1n) is 5.95. The van der Waals surface area contributed by atoms with Crippen LogP contribution in [0.3, 0.4) is 0 Å². The first-order chi connectivity index (χ1) is 9.72. The van der Waals surface area contributed by atoms with Crippen LogP contribution in [0.4, 0.5) is 4.39 Å².